The maximum Gasteiger partial charge on any atom is 0.225 e. The molecule has 0 bridgehead atoms. The van der Waals surface area contributed by atoms with Gasteiger partial charge < -0.3 is 4.42 Å². The molecule has 0 spiro atoms. The van der Waals surface area contributed by atoms with Crippen LogP contribution in [0.4, 0.5) is 0 Å². The van der Waals surface area contributed by atoms with Gasteiger partial charge in [-0.15, -0.1) is 0 Å². The quantitative estimate of drug-likeness (QED) is 0.633. The molecule has 0 N–H and O–H groups in total. The van der Waals surface area contributed by atoms with Crippen molar-refractivity contribution in [3.05, 3.63) is 45.3 Å². The van der Waals surface area contributed by atoms with Crippen molar-refractivity contribution in [1.82, 2.24) is 9.61 Å². The van der Waals surface area contributed by atoms with Crippen LogP contribution in [0.5, 0.6) is 0 Å². The van der Waals surface area contributed by atoms with E-state index < -0.39 is 0 Å². The standard InChI is InChI=1S/C16H14Cl2N2O/c1-8-14(10-3-4-10)19-20-15(9(2)21-16(8)20)12-6-5-11(17)7-13(12)18/h5-7,10H,3-4H2,1-2H3. The van der Waals surface area contributed by atoms with E-state index in [4.69, 9.17) is 32.7 Å². The van der Waals surface area contributed by atoms with Crippen molar-refractivity contribution in [2.45, 2.75) is 32.6 Å². The fourth-order valence-electron chi connectivity index (χ4n) is 2.84. The van der Waals surface area contributed by atoms with Gasteiger partial charge in [0.15, 0.2) is 0 Å². The summed E-state index contributed by atoms with van der Waals surface area (Å²) in [4.78, 5) is 0. The average molecular weight is 321 g/mol. The monoisotopic (exact) mass is 320 g/mol. The molecule has 2 heterocycles. The summed E-state index contributed by atoms with van der Waals surface area (Å²) in [6, 6.07) is 5.49. The molecule has 108 valence electrons. The Morgan fingerprint density at radius 2 is 2.00 bits per heavy atom. The van der Waals surface area contributed by atoms with Crippen LogP contribution in [0.25, 0.3) is 17.0 Å². The zero-order chi connectivity index (χ0) is 14.7. The fourth-order valence-corrected chi connectivity index (χ4v) is 3.34. The van der Waals surface area contributed by atoms with E-state index in [9.17, 15) is 0 Å². The van der Waals surface area contributed by atoms with E-state index in [2.05, 4.69) is 6.92 Å². The number of hydrogen-bond acceptors (Lipinski definition) is 2. The van der Waals surface area contributed by atoms with Gasteiger partial charge in [-0.1, -0.05) is 23.2 Å². The summed E-state index contributed by atoms with van der Waals surface area (Å²) in [7, 11) is 0. The van der Waals surface area contributed by atoms with E-state index in [1.54, 1.807) is 6.07 Å². The highest BCUT2D eigenvalue weighted by atomic mass is 35.5. The molecule has 0 atom stereocenters. The van der Waals surface area contributed by atoms with E-state index in [-0.39, 0.29) is 0 Å². The second kappa shape index (κ2) is 4.52. The minimum Gasteiger partial charge on any atom is -0.441 e. The van der Waals surface area contributed by atoms with Crippen LogP contribution in [-0.4, -0.2) is 9.61 Å². The number of benzene rings is 1. The first-order valence-corrected chi connectivity index (χ1v) is 7.76. The zero-order valence-electron chi connectivity index (χ0n) is 11.8. The molecule has 0 saturated heterocycles. The number of nitrogens with zero attached hydrogens (tertiary/aromatic N) is 2. The number of rotatable bonds is 2. The summed E-state index contributed by atoms with van der Waals surface area (Å²) in [6.45, 7) is 4.01. The minimum atomic E-state index is 0.592. The largest absolute Gasteiger partial charge is 0.441 e. The Labute approximate surface area is 132 Å². The van der Waals surface area contributed by atoms with Crippen LogP contribution in [0.2, 0.25) is 10.0 Å². The zero-order valence-corrected chi connectivity index (χ0v) is 13.3. The predicted molar refractivity (Wildman–Crippen MR) is 84.4 cm³/mol. The highest BCUT2D eigenvalue weighted by Gasteiger charge is 2.31. The van der Waals surface area contributed by atoms with Crippen molar-refractivity contribution < 1.29 is 4.42 Å². The van der Waals surface area contributed by atoms with Gasteiger partial charge in [0.25, 0.3) is 0 Å². The Bertz CT molecular complexity index is 859. The van der Waals surface area contributed by atoms with Crippen LogP contribution in [0.15, 0.2) is 22.6 Å². The van der Waals surface area contributed by atoms with Gasteiger partial charge in [-0.2, -0.15) is 9.61 Å². The normalized spacial score (nSPS) is 15.0. The first kappa shape index (κ1) is 13.2. The van der Waals surface area contributed by atoms with Gasteiger partial charge in [0, 0.05) is 22.1 Å². The Balaban J connectivity index is 1.99. The van der Waals surface area contributed by atoms with Gasteiger partial charge in [0.2, 0.25) is 5.71 Å². The lowest BCUT2D eigenvalue weighted by atomic mass is 10.1. The maximum absolute atomic E-state index is 6.35. The number of hydrogen-bond donors (Lipinski definition) is 0. The molecule has 4 rings (SSSR count). The molecule has 0 aliphatic heterocycles. The fraction of sp³-hybridized carbons (Fsp3) is 0.312. The first-order valence-electron chi connectivity index (χ1n) is 7.00. The topological polar surface area (TPSA) is 30.4 Å². The molecule has 0 radical (unpaired) electrons. The molecule has 3 aromatic rings. The number of aryl methyl sites for hydroxylation is 2. The maximum atomic E-state index is 6.35. The second-order valence-electron chi connectivity index (χ2n) is 5.63. The molecule has 1 aliphatic carbocycles. The van der Waals surface area contributed by atoms with E-state index in [0.717, 1.165) is 34.0 Å². The summed E-state index contributed by atoms with van der Waals surface area (Å²) < 4.78 is 7.82. The van der Waals surface area contributed by atoms with Crippen molar-refractivity contribution >= 4 is 28.9 Å². The molecule has 21 heavy (non-hydrogen) atoms. The van der Waals surface area contributed by atoms with Gasteiger partial charge in [-0.25, -0.2) is 0 Å². The molecule has 1 fully saturated rings. The third-order valence-corrected chi connectivity index (χ3v) is 4.60. The first-order chi connectivity index (χ1) is 10.1. The lowest BCUT2D eigenvalue weighted by Crippen LogP contribution is -1.92. The lowest BCUT2D eigenvalue weighted by molar-refractivity contribution is 0.571. The molecule has 3 nitrogen and oxygen atoms in total. The van der Waals surface area contributed by atoms with Gasteiger partial charge >= 0.3 is 0 Å². The van der Waals surface area contributed by atoms with Crippen LogP contribution >= 0.6 is 23.2 Å². The highest BCUT2D eigenvalue weighted by Crippen LogP contribution is 2.43. The Morgan fingerprint density at radius 1 is 1.24 bits per heavy atom. The average Bonchev–Trinajstić information content (AvgIpc) is 3.15. The summed E-state index contributed by atoms with van der Waals surface area (Å²) >= 11 is 12.3. The van der Waals surface area contributed by atoms with Crippen LogP contribution in [0.1, 0.15) is 35.8 Å². The van der Waals surface area contributed by atoms with Crippen LogP contribution in [0, 0.1) is 13.8 Å². The Hall–Kier alpha value is -1.45. The lowest BCUT2D eigenvalue weighted by Gasteiger charge is -2.03. The highest BCUT2D eigenvalue weighted by molar-refractivity contribution is 6.36. The van der Waals surface area contributed by atoms with Crippen LogP contribution in [0.3, 0.4) is 0 Å². The third-order valence-electron chi connectivity index (χ3n) is 4.05. The smallest absolute Gasteiger partial charge is 0.225 e. The van der Waals surface area contributed by atoms with Gasteiger partial charge in [0.05, 0.1) is 10.7 Å². The summed E-state index contributed by atoms with van der Waals surface area (Å²) in [5.41, 5.74) is 4.90. The van der Waals surface area contributed by atoms with Gasteiger partial charge in [-0.05, 0) is 44.9 Å². The van der Waals surface area contributed by atoms with Crippen molar-refractivity contribution in [3.63, 3.8) is 0 Å². The van der Waals surface area contributed by atoms with Gasteiger partial charge in [0.1, 0.15) is 11.5 Å². The van der Waals surface area contributed by atoms with Crippen LogP contribution < -0.4 is 0 Å². The van der Waals surface area contributed by atoms with E-state index in [1.807, 2.05) is 23.6 Å². The van der Waals surface area contributed by atoms with Crippen molar-refractivity contribution in [1.29, 1.82) is 0 Å². The number of aromatic nitrogens is 2. The molecule has 0 unspecified atom stereocenters. The summed E-state index contributed by atoms with van der Waals surface area (Å²) in [5, 5.41) is 5.99. The summed E-state index contributed by atoms with van der Waals surface area (Å²) in [6.07, 6.45) is 2.44. The van der Waals surface area contributed by atoms with Crippen molar-refractivity contribution in [2.75, 3.05) is 0 Å². The van der Waals surface area contributed by atoms with Gasteiger partial charge in [-0.3, -0.25) is 0 Å². The third kappa shape index (κ3) is 1.99. The molecule has 0 amide bonds. The number of fused-ring (bicyclic) bond motifs is 1. The Morgan fingerprint density at radius 3 is 2.67 bits per heavy atom. The van der Waals surface area contributed by atoms with Crippen molar-refractivity contribution in [3.8, 4) is 11.3 Å². The minimum absolute atomic E-state index is 0.592. The van der Waals surface area contributed by atoms with E-state index >= 15 is 0 Å². The molecule has 1 aromatic carbocycles. The molecular formula is C16H14Cl2N2O. The van der Waals surface area contributed by atoms with E-state index in [1.165, 1.54) is 12.8 Å². The molecule has 2 aromatic heterocycles. The Kier molecular flexibility index (Phi) is 2.85. The second-order valence-corrected chi connectivity index (χ2v) is 6.48. The number of oxazole rings is 1. The summed E-state index contributed by atoms with van der Waals surface area (Å²) in [5.74, 6) is 1.40. The van der Waals surface area contributed by atoms with E-state index in [0.29, 0.717) is 16.0 Å². The predicted octanol–water partition coefficient (Wildman–Crippen LogP) is 5.40. The number of halogens is 2. The van der Waals surface area contributed by atoms with Crippen molar-refractivity contribution in [2.24, 2.45) is 0 Å². The van der Waals surface area contributed by atoms with Crippen LogP contribution in [-0.2, 0) is 0 Å². The molecule has 1 aliphatic rings. The molecular weight excluding hydrogens is 307 g/mol. The molecule has 1 saturated carbocycles. The SMILES string of the molecule is Cc1oc2c(C)c(C3CC3)nn2c1-c1ccc(Cl)cc1Cl. The molecule has 5 heteroatoms.